The number of rotatable bonds is 7. The Morgan fingerprint density at radius 3 is 2.42 bits per heavy atom. The zero-order valence-corrected chi connectivity index (χ0v) is 13.7. The molecule has 0 saturated carbocycles. The number of aromatic hydroxyl groups is 1. The van der Waals surface area contributed by atoms with E-state index in [-0.39, 0.29) is 24.4 Å². The Morgan fingerprint density at radius 2 is 1.71 bits per heavy atom. The molecule has 0 aliphatic rings. The number of nitrogens with one attached hydrogen (secondary N) is 2. The zero-order chi connectivity index (χ0) is 17.4. The van der Waals surface area contributed by atoms with Gasteiger partial charge in [-0.1, -0.05) is 42.5 Å². The third-order valence-corrected chi connectivity index (χ3v) is 4.17. The van der Waals surface area contributed by atoms with Gasteiger partial charge in [-0.3, -0.25) is 4.79 Å². The highest BCUT2D eigenvalue weighted by molar-refractivity contribution is 7.92. The maximum atomic E-state index is 11.8. The van der Waals surface area contributed by atoms with Crippen LogP contribution < -0.4 is 10.0 Å². The number of phenolic OH excluding ortho intramolecular Hbond substituents is 1. The second-order valence-corrected chi connectivity index (χ2v) is 6.62. The number of para-hydroxylation sites is 2. The standard InChI is InChI=1S/C17H18N2O4S/c20-16-9-5-4-8-15(16)19-17(21)10-12-18-24(22,23)13-11-14-6-2-1-3-7-14/h1-9,11,13,18,20H,10,12H2,(H,19,21). The van der Waals surface area contributed by atoms with Crippen molar-refractivity contribution in [3.05, 3.63) is 65.6 Å². The molecule has 3 N–H and O–H groups in total. The molecule has 24 heavy (non-hydrogen) atoms. The summed E-state index contributed by atoms with van der Waals surface area (Å²) in [5.41, 5.74) is 1.05. The molecule has 2 rings (SSSR count). The van der Waals surface area contributed by atoms with Crippen LogP contribution in [-0.4, -0.2) is 26.0 Å². The number of carbonyl (C=O) groups excluding carboxylic acids is 1. The number of sulfonamides is 1. The van der Waals surface area contributed by atoms with Crippen LogP contribution in [0.5, 0.6) is 5.75 Å². The average Bonchev–Trinajstić information content (AvgIpc) is 2.56. The molecule has 0 aliphatic carbocycles. The summed E-state index contributed by atoms with van der Waals surface area (Å²) >= 11 is 0. The lowest BCUT2D eigenvalue weighted by atomic mass is 10.2. The van der Waals surface area contributed by atoms with Crippen molar-refractivity contribution in [1.29, 1.82) is 0 Å². The van der Waals surface area contributed by atoms with Crippen LogP contribution in [0, 0.1) is 0 Å². The first-order valence-electron chi connectivity index (χ1n) is 7.27. The van der Waals surface area contributed by atoms with Crippen molar-refractivity contribution in [3.63, 3.8) is 0 Å². The number of hydrogen-bond acceptors (Lipinski definition) is 4. The quantitative estimate of drug-likeness (QED) is 0.671. The molecular formula is C17H18N2O4S. The predicted octanol–water partition coefficient (Wildman–Crippen LogP) is 2.31. The minimum absolute atomic E-state index is 0.0408. The van der Waals surface area contributed by atoms with Gasteiger partial charge in [-0.05, 0) is 23.8 Å². The van der Waals surface area contributed by atoms with E-state index in [9.17, 15) is 18.3 Å². The van der Waals surface area contributed by atoms with Crippen LogP contribution in [-0.2, 0) is 14.8 Å². The van der Waals surface area contributed by atoms with Gasteiger partial charge in [0.2, 0.25) is 15.9 Å². The molecule has 126 valence electrons. The van der Waals surface area contributed by atoms with E-state index in [0.717, 1.165) is 11.0 Å². The maximum absolute atomic E-state index is 11.8. The van der Waals surface area contributed by atoms with Crippen LogP contribution in [0.25, 0.3) is 6.08 Å². The summed E-state index contributed by atoms with van der Waals surface area (Å²) in [5.74, 6) is -0.441. The molecule has 0 fully saturated rings. The third-order valence-electron chi connectivity index (χ3n) is 3.07. The molecule has 0 aromatic heterocycles. The summed E-state index contributed by atoms with van der Waals surface area (Å²) in [7, 11) is -3.62. The number of carbonyl (C=O) groups is 1. The third kappa shape index (κ3) is 5.86. The molecule has 0 unspecified atom stereocenters. The Hall–Kier alpha value is -2.64. The van der Waals surface area contributed by atoms with Gasteiger partial charge in [-0.2, -0.15) is 0 Å². The van der Waals surface area contributed by atoms with E-state index < -0.39 is 15.9 Å². The molecule has 0 spiro atoms. The smallest absolute Gasteiger partial charge is 0.233 e. The number of benzene rings is 2. The highest BCUT2D eigenvalue weighted by Crippen LogP contribution is 2.21. The summed E-state index contributed by atoms with van der Waals surface area (Å²) in [5, 5.41) is 13.1. The van der Waals surface area contributed by atoms with Gasteiger partial charge in [-0.15, -0.1) is 0 Å². The van der Waals surface area contributed by atoms with Gasteiger partial charge in [-0.25, -0.2) is 13.1 Å². The lowest BCUT2D eigenvalue weighted by Crippen LogP contribution is -2.26. The molecule has 0 radical (unpaired) electrons. The Bertz CT molecular complexity index is 817. The summed E-state index contributed by atoms with van der Waals surface area (Å²) in [6.45, 7) is -0.0408. The van der Waals surface area contributed by atoms with Gasteiger partial charge in [0.15, 0.2) is 0 Å². The molecular weight excluding hydrogens is 328 g/mol. The van der Waals surface area contributed by atoms with Crippen molar-refractivity contribution in [2.45, 2.75) is 6.42 Å². The first kappa shape index (κ1) is 17.7. The van der Waals surface area contributed by atoms with Crippen LogP contribution in [0.3, 0.4) is 0 Å². The monoisotopic (exact) mass is 346 g/mol. The fourth-order valence-electron chi connectivity index (χ4n) is 1.88. The lowest BCUT2D eigenvalue weighted by molar-refractivity contribution is -0.116. The molecule has 0 atom stereocenters. The lowest BCUT2D eigenvalue weighted by Gasteiger charge is -2.07. The number of hydrogen-bond donors (Lipinski definition) is 3. The van der Waals surface area contributed by atoms with Crippen LogP contribution in [0.4, 0.5) is 5.69 Å². The van der Waals surface area contributed by atoms with E-state index in [1.165, 1.54) is 12.1 Å². The average molecular weight is 346 g/mol. The molecule has 0 bridgehead atoms. The number of anilines is 1. The van der Waals surface area contributed by atoms with Gasteiger partial charge in [0.25, 0.3) is 0 Å². The van der Waals surface area contributed by atoms with Crippen molar-refractivity contribution in [1.82, 2.24) is 4.72 Å². The van der Waals surface area contributed by atoms with Gasteiger partial charge in [0.05, 0.1) is 5.69 Å². The Labute approximate surface area is 140 Å². The molecule has 2 aromatic carbocycles. The minimum atomic E-state index is -3.62. The number of phenols is 1. The predicted molar refractivity (Wildman–Crippen MR) is 93.8 cm³/mol. The van der Waals surface area contributed by atoms with Crippen molar-refractivity contribution >= 4 is 27.7 Å². The zero-order valence-electron chi connectivity index (χ0n) is 12.8. The molecule has 6 nitrogen and oxygen atoms in total. The summed E-state index contributed by atoms with van der Waals surface area (Å²) < 4.78 is 26.0. The van der Waals surface area contributed by atoms with Crippen LogP contribution >= 0.6 is 0 Å². The topological polar surface area (TPSA) is 95.5 Å². The SMILES string of the molecule is O=C(CCNS(=O)(=O)C=Cc1ccccc1)Nc1ccccc1O. The fraction of sp³-hybridized carbons (Fsp3) is 0.118. The Morgan fingerprint density at radius 1 is 1.04 bits per heavy atom. The van der Waals surface area contributed by atoms with E-state index >= 15 is 0 Å². The second kappa shape index (κ2) is 8.28. The molecule has 0 saturated heterocycles. The fourth-order valence-corrected chi connectivity index (χ4v) is 2.70. The first-order chi connectivity index (χ1) is 11.5. The highest BCUT2D eigenvalue weighted by atomic mass is 32.2. The van der Waals surface area contributed by atoms with Crippen LogP contribution in [0.2, 0.25) is 0 Å². The molecule has 1 amide bonds. The van der Waals surface area contributed by atoms with Crippen molar-refractivity contribution < 1.29 is 18.3 Å². The van der Waals surface area contributed by atoms with E-state index in [0.29, 0.717) is 0 Å². The number of amides is 1. The Balaban J connectivity index is 1.81. The van der Waals surface area contributed by atoms with E-state index in [2.05, 4.69) is 10.0 Å². The van der Waals surface area contributed by atoms with Crippen molar-refractivity contribution in [3.8, 4) is 5.75 Å². The highest BCUT2D eigenvalue weighted by Gasteiger charge is 2.08. The summed E-state index contributed by atoms with van der Waals surface area (Å²) in [4.78, 5) is 11.8. The van der Waals surface area contributed by atoms with Gasteiger partial charge < -0.3 is 10.4 Å². The second-order valence-electron chi connectivity index (χ2n) is 4.97. The van der Waals surface area contributed by atoms with E-state index in [1.807, 2.05) is 18.2 Å². The van der Waals surface area contributed by atoms with Gasteiger partial charge >= 0.3 is 0 Å². The van der Waals surface area contributed by atoms with Crippen LogP contribution in [0.15, 0.2) is 60.0 Å². The summed E-state index contributed by atoms with van der Waals surface area (Å²) in [6.07, 6.45) is 1.43. The maximum Gasteiger partial charge on any atom is 0.233 e. The first-order valence-corrected chi connectivity index (χ1v) is 8.81. The normalized spacial score (nSPS) is 11.5. The minimum Gasteiger partial charge on any atom is -0.506 e. The molecule has 0 heterocycles. The summed E-state index contributed by atoms with van der Waals surface area (Å²) in [6, 6.07) is 15.3. The van der Waals surface area contributed by atoms with Crippen molar-refractivity contribution in [2.24, 2.45) is 0 Å². The molecule has 0 aliphatic heterocycles. The Kier molecular flexibility index (Phi) is 6.11. The molecule has 2 aromatic rings. The van der Waals surface area contributed by atoms with Gasteiger partial charge in [0, 0.05) is 18.4 Å². The van der Waals surface area contributed by atoms with E-state index in [1.54, 1.807) is 30.3 Å². The van der Waals surface area contributed by atoms with Crippen LogP contribution in [0.1, 0.15) is 12.0 Å². The van der Waals surface area contributed by atoms with Crippen molar-refractivity contribution in [2.75, 3.05) is 11.9 Å². The van der Waals surface area contributed by atoms with E-state index in [4.69, 9.17) is 0 Å². The molecule has 7 heteroatoms. The largest absolute Gasteiger partial charge is 0.506 e. The van der Waals surface area contributed by atoms with Gasteiger partial charge in [0.1, 0.15) is 5.75 Å².